The van der Waals surface area contributed by atoms with E-state index in [0.29, 0.717) is 12.8 Å². The molecule has 2 heteroatoms. The van der Waals surface area contributed by atoms with Crippen LogP contribution in [-0.2, 0) is 0 Å². The molecule has 0 aromatic rings. The van der Waals surface area contributed by atoms with Gasteiger partial charge in [0.15, 0.2) is 0 Å². The SMILES string of the molecule is C=C1CCC(C#N)(C#N)CC1. The molecular formula is C9H10N2. The molecule has 0 heterocycles. The zero-order valence-electron chi connectivity index (χ0n) is 6.43. The predicted octanol–water partition coefficient (Wildman–Crippen LogP) is 2.15. The van der Waals surface area contributed by atoms with E-state index in [4.69, 9.17) is 10.5 Å². The molecule has 1 rings (SSSR count). The molecule has 0 aromatic heterocycles. The van der Waals surface area contributed by atoms with E-state index in [-0.39, 0.29) is 0 Å². The van der Waals surface area contributed by atoms with Gasteiger partial charge < -0.3 is 0 Å². The average Bonchev–Trinajstić information content (AvgIpc) is 2.07. The lowest BCUT2D eigenvalue weighted by Crippen LogP contribution is -2.20. The first-order valence-electron chi connectivity index (χ1n) is 3.71. The van der Waals surface area contributed by atoms with Crippen molar-refractivity contribution in [3.63, 3.8) is 0 Å². The third-order valence-electron chi connectivity index (χ3n) is 2.24. The lowest BCUT2D eigenvalue weighted by atomic mass is 9.75. The van der Waals surface area contributed by atoms with E-state index in [1.54, 1.807) is 0 Å². The van der Waals surface area contributed by atoms with E-state index >= 15 is 0 Å². The monoisotopic (exact) mass is 146 g/mol. The molecule has 0 aliphatic heterocycles. The molecule has 0 aromatic carbocycles. The van der Waals surface area contributed by atoms with E-state index in [1.807, 2.05) is 0 Å². The third kappa shape index (κ3) is 1.41. The Balaban J connectivity index is 2.71. The molecule has 1 fully saturated rings. The van der Waals surface area contributed by atoms with Crippen LogP contribution in [0.5, 0.6) is 0 Å². The molecule has 56 valence electrons. The molecule has 0 amide bonds. The van der Waals surface area contributed by atoms with Gasteiger partial charge in [0.1, 0.15) is 5.41 Å². The highest BCUT2D eigenvalue weighted by atomic mass is 14.4. The highest BCUT2D eigenvalue weighted by Crippen LogP contribution is 2.36. The fourth-order valence-corrected chi connectivity index (χ4v) is 1.28. The Labute approximate surface area is 66.7 Å². The van der Waals surface area contributed by atoms with Crippen molar-refractivity contribution in [2.75, 3.05) is 0 Å². The van der Waals surface area contributed by atoms with Crippen LogP contribution in [0.25, 0.3) is 0 Å². The lowest BCUT2D eigenvalue weighted by molar-refractivity contribution is 0.397. The summed E-state index contributed by atoms with van der Waals surface area (Å²) in [5, 5.41) is 17.5. The van der Waals surface area contributed by atoms with E-state index in [9.17, 15) is 0 Å². The second-order valence-electron chi connectivity index (χ2n) is 3.06. The Kier molecular flexibility index (Phi) is 1.96. The van der Waals surface area contributed by atoms with E-state index in [0.717, 1.165) is 12.8 Å². The summed E-state index contributed by atoms with van der Waals surface area (Å²) in [5.41, 5.74) is 0.465. The highest BCUT2D eigenvalue weighted by Gasteiger charge is 2.32. The predicted molar refractivity (Wildman–Crippen MR) is 41.3 cm³/mol. The van der Waals surface area contributed by atoms with Crippen molar-refractivity contribution in [2.24, 2.45) is 5.41 Å². The maximum Gasteiger partial charge on any atom is 0.144 e. The van der Waals surface area contributed by atoms with Gasteiger partial charge in [-0.25, -0.2) is 0 Å². The molecule has 0 radical (unpaired) electrons. The molecule has 11 heavy (non-hydrogen) atoms. The van der Waals surface area contributed by atoms with Gasteiger partial charge in [0.25, 0.3) is 0 Å². The van der Waals surface area contributed by atoms with Gasteiger partial charge >= 0.3 is 0 Å². The maximum absolute atomic E-state index is 8.73. The van der Waals surface area contributed by atoms with Crippen LogP contribution < -0.4 is 0 Å². The fourth-order valence-electron chi connectivity index (χ4n) is 1.28. The van der Waals surface area contributed by atoms with Crippen LogP contribution in [0.4, 0.5) is 0 Å². The van der Waals surface area contributed by atoms with Gasteiger partial charge in [0, 0.05) is 0 Å². The number of allylic oxidation sites excluding steroid dienone is 1. The normalized spacial score (nSPS) is 21.8. The molecule has 0 bridgehead atoms. The van der Waals surface area contributed by atoms with Gasteiger partial charge in [0.05, 0.1) is 12.1 Å². The third-order valence-corrected chi connectivity index (χ3v) is 2.24. The Morgan fingerprint density at radius 3 is 2.00 bits per heavy atom. The molecule has 0 atom stereocenters. The Hall–Kier alpha value is -1.28. The van der Waals surface area contributed by atoms with Crippen molar-refractivity contribution in [3.8, 4) is 12.1 Å². The summed E-state index contributed by atoms with van der Waals surface area (Å²) in [7, 11) is 0. The van der Waals surface area contributed by atoms with Crippen molar-refractivity contribution >= 4 is 0 Å². The summed E-state index contributed by atoms with van der Waals surface area (Å²) in [4.78, 5) is 0. The average molecular weight is 146 g/mol. The Bertz CT molecular complexity index is 226. The minimum absolute atomic E-state index is 0.666. The van der Waals surface area contributed by atoms with Gasteiger partial charge in [-0.05, 0) is 25.7 Å². The zero-order valence-corrected chi connectivity index (χ0v) is 6.43. The first-order chi connectivity index (χ1) is 5.22. The molecule has 1 aliphatic rings. The zero-order chi connectivity index (χ0) is 8.32. The number of hydrogen-bond acceptors (Lipinski definition) is 2. The summed E-state index contributed by atoms with van der Waals surface area (Å²) >= 11 is 0. The van der Waals surface area contributed by atoms with Crippen molar-refractivity contribution in [1.29, 1.82) is 10.5 Å². The van der Waals surface area contributed by atoms with Crippen molar-refractivity contribution in [3.05, 3.63) is 12.2 Å². The van der Waals surface area contributed by atoms with Crippen molar-refractivity contribution in [2.45, 2.75) is 25.7 Å². The molecule has 0 N–H and O–H groups in total. The van der Waals surface area contributed by atoms with Crippen LogP contribution in [0.1, 0.15) is 25.7 Å². The molecular weight excluding hydrogens is 136 g/mol. The molecule has 0 unspecified atom stereocenters. The van der Waals surface area contributed by atoms with Crippen LogP contribution in [-0.4, -0.2) is 0 Å². The first-order valence-corrected chi connectivity index (χ1v) is 3.71. The summed E-state index contributed by atoms with van der Waals surface area (Å²) in [5.74, 6) is 0. The Morgan fingerprint density at radius 2 is 1.64 bits per heavy atom. The summed E-state index contributed by atoms with van der Waals surface area (Å²) in [6.45, 7) is 3.83. The Morgan fingerprint density at radius 1 is 1.18 bits per heavy atom. The highest BCUT2D eigenvalue weighted by molar-refractivity contribution is 5.19. The smallest absolute Gasteiger partial charge is 0.144 e. The van der Waals surface area contributed by atoms with Crippen LogP contribution >= 0.6 is 0 Å². The van der Waals surface area contributed by atoms with Crippen molar-refractivity contribution in [1.82, 2.24) is 0 Å². The molecule has 1 aliphatic carbocycles. The van der Waals surface area contributed by atoms with Crippen LogP contribution in [0.15, 0.2) is 12.2 Å². The number of nitrogens with zero attached hydrogens (tertiary/aromatic N) is 2. The second kappa shape index (κ2) is 2.76. The van der Waals surface area contributed by atoms with Gasteiger partial charge in [-0.1, -0.05) is 12.2 Å². The maximum atomic E-state index is 8.73. The lowest BCUT2D eigenvalue weighted by Gasteiger charge is -2.24. The second-order valence-corrected chi connectivity index (χ2v) is 3.06. The number of rotatable bonds is 0. The molecule has 1 saturated carbocycles. The summed E-state index contributed by atoms with van der Waals surface area (Å²) in [6, 6.07) is 4.17. The van der Waals surface area contributed by atoms with Gasteiger partial charge in [0.2, 0.25) is 0 Å². The van der Waals surface area contributed by atoms with E-state index in [1.165, 1.54) is 5.57 Å². The quantitative estimate of drug-likeness (QED) is 0.491. The summed E-state index contributed by atoms with van der Waals surface area (Å²) in [6.07, 6.45) is 3.00. The van der Waals surface area contributed by atoms with E-state index < -0.39 is 5.41 Å². The minimum atomic E-state index is -0.707. The fraction of sp³-hybridized carbons (Fsp3) is 0.556. The standard InChI is InChI=1S/C9H10N2/c1-8-2-4-9(6-10,7-11)5-3-8/h1-5H2. The summed E-state index contributed by atoms with van der Waals surface area (Å²) < 4.78 is 0. The molecule has 0 saturated heterocycles. The van der Waals surface area contributed by atoms with Gasteiger partial charge in [-0.2, -0.15) is 10.5 Å². The molecule has 2 nitrogen and oxygen atoms in total. The van der Waals surface area contributed by atoms with Gasteiger partial charge in [-0.15, -0.1) is 0 Å². The largest absolute Gasteiger partial charge is 0.197 e. The number of nitriles is 2. The van der Waals surface area contributed by atoms with Crippen LogP contribution in [0.3, 0.4) is 0 Å². The van der Waals surface area contributed by atoms with Crippen LogP contribution in [0, 0.1) is 28.1 Å². The number of hydrogen-bond donors (Lipinski definition) is 0. The topological polar surface area (TPSA) is 47.6 Å². The van der Waals surface area contributed by atoms with Crippen LogP contribution in [0.2, 0.25) is 0 Å². The molecule has 0 spiro atoms. The minimum Gasteiger partial charge on any atom is -0.197 e. The van der Waals surface area contributed by atoms with Crippen molar-refractivity contribution < 1.29 is 0 Å². The van der Waals surface area contributed by atoms with E-state index in [2.05, 4.69) is 18.7 Å². The first kappa shape index (κ1) is 7.82. The van der Waals surface area contributed by atoms with Gasteiger partial charge in [-0.3, -0.25) is 0 Å².